The van der Waals surface area contributed by atoms with Crippen LogP contribution in [0.3, 0.4) is 0 Å². The van der Waals surface area contributed by atoms with E-state index in [-0.39, 0.29) is 10.8 Å². The fourth-order valence-corrected chi connectivity index (χ4v) is 2.25. The summed E-state index contributed by atoms with van der Waals surface area (Å²) in [6.45, 7) is 6.09. The predicted molar refractivity (Wildman–Crippen MR) is 69.7 cm³/mol. The molecule has 1 rings (SSSR count). The quantitative estimate of drug-likeness (QED) is 0.830. The minimum Gasteiger partial charge on any atom is -0.477 e. The van der Waals surface area contributed by atoms with E-state index in [0.29, 0.717) is 29.6 Å². The third-order valence-corrected chi connectivity index (χ3v) is 3.57. The minimum absolute atomic E-state index is 0.0200. The molecule has 0 aliphatic heterocycles. The van der Waals surface area contributed by atoms with Crippen LogP contribution in [0.5, 0.6) is 0 Å². The molecule has 0 bridgehead atoms. The predicted octanol–water partition coefficient (Wildman–Crippen LogP) is 2.20. The number of carboxylic acids is 1. The zero-order chi connectivity index (χ0) is 13.7. The number of thiazole rings is 1. The van der Waals surface area contributed by atoms with Crippen molar-refractivity contribution in [3.63, 3.8) is 0 Å². The molecule has 1 amide bonds. The van der Waals surface area contributed by atoms with Crippen LogP contribution >= 0.6 is 11.3 Å². The van der Waals surface area contributed by atoms with Crippen molar-refractivity contribution in [3.8, 4) is 0 Å². The summed E-state index contributed by atoms with van der Waals surface area (Å²) in [5.74, 6) is -0.493. The normalized spacial score (nSPS) is 10.7. The lowest BCUT2D eigenvalue weighted by Gasteiger charge is -2.04. The van der Waals surface area contributed by atoms with E-state index >= 15 is 0 Å². The Morgan fingerprint density at radius 1 is 1.44 bits per heavy atom. The van der Waals surface area contributed by atoms with E-state index < -0.39 is 5.97 Å². The van der Waals surface area contributed by atoms with Gasteiger partial charge in [-0.05, 0) is 19.3 Å². The molecule has 0 saturated heterocycles. The number of aryl methyl sites for hydroxylation is 1. The molecule has 0 fully saturated rings. The number of amides is 1. The van der Waals surface area contributed by atoms with Crippen LogP contribution in [0, 0.1) is 12.8 Å². The maximum absolute atomic E-state index is 11.5. The third-order valence-electron chi connectivity index (χ3n) is 2.42. The van der Waals surface area contributed by atoms with Gasteiger partial charge in [-0.1, -0.05) is 13.8 Å². The average molecular weight is 270 g/mol. The van der Waals surface area contributed by atoms with Crippen molar-refractivity contribution in [2.75, 3.05) is 0 Å². The van der Waals surface area contributed by atoms with Crippen molar-refractivity contribution in [1.82, 2.24) is 10.3 Å². The first-order valence-electron chi connectivity index (χ1n) is 5.86. The van der Waals surface area contributed by atoms with Crippen molar-refractivity contribution in [2.24, 2.45) is 5.92 Å². The van der Waals surface area contributed by atoms with Gasteiger partial charge in [-0.15, -0.1) is 11.3 Å². The van der Waals surface area contributed by atoms with Crippen LogP contribution in [0.1, 0.15) is 47.1 Å². The van der Waals surface area contributed by atoms with Crippen LogP contribution in [0.4, 0.5) is 0 Å². The number of carboxylic acid groups (broad SMARTS) is 1. The summed E-state index contributed by atoms with van der Waals surface area (Å²) in [5, 5.41) is 12.3. The van der Waals surface area contributed by atoms with E-state index in [1.54, 1.807) is 6.92 Å². The highest BCUT2D eigenvalue weighted by atomic mass is 32.1. The molecule has 5 nitrogen and oxygen atoms in total. The summed E-state index contributed by atoms with van der Waals surface area (Å²) in [6.07, 6.45) is 1.34. The summed E-state index contributed by atoms with van der Waals surface area (Å²) >= 11 is 1.11. The highest BCUT2D eigenvalue weighted by Gasteiger charge is 2.14. The molecule has 1 aromatic rings. The maximum atomic E-state index is 11.5. The van der Waals surface area contributed by atoms with Crippen LogP contribution in [-0.2, 0) is 11.3 Å². The van der Waals surface area contributed by atoms with Gasteiger partial charge >= 0.3 is 5.97 Å². The minimum atomic E-state index is -0.970. The molecule has 0 radical (unpaired) electrons. The molecule has 100 valence electrons. The molecule has 1 aromatic heterocycles. The molecule has 0 spiro atoms. The summed E-state index contributed by atoms with van der Waals surface area (Å²) in [6, 6.07) is 0. The molecule has 0 aliphatic carbocycles. The zero-order valence-corrected chi connectivity index (χ0v) is 11.6. The number of hydrogen-bond donors (Lipinski definition) is 2. The molecule has 0 aliphatic rings. The van der Waals surface area contributed by atoms with Crippen LogP contribution in [0.25, 0.3) is 0 Å². The standard InChI is InChI=1S/C12H18N2O3S/c1-7(2)4-5-9(15)13-6-10-14-8(3)11(18-10)12(16)17/h7H,4-6H2,1-3H3,(H,13,15)(H,16,17). The van der Waals surface area contributed by atoms with Gasteiger partial charge in [0.2, 0.25) is 5.91 Å². The van der Waals surface area contributed by atoms with Gasteiger partial charge in [0.15, 0.2) is 0 Å². The largest absolute Gasteiger partial charge is 0.477 e. The molecule has 0 atom stereocenters. The molecular weight excluding hydrogens is 252 g/mol. The number of nitrogens with one attached hydrogen (secondary N) is 1. The van der Waals surface area contributed by atoms with E-state index in [9.17, 15) is 9.59 Å². The lowest BCUT2D eigenvalue weighted by Crippen LogP contribution is -2.22. The SMILES string of the molecule is Cc1nc(CNC(=O)CCC(C)C)sc1C(=O)O. The lowest BCUT2D eigenvalue weighted by atomic mass is 10.1. The highest BCUT2D eigenvalue weighted by Crippen LogP contribution is 2.17. The van der Waals surface area contributed by atoms with Crippen LogP contribution in [0.2, 0.25) is 0 Å². The average Bonchev–Trinajstić information content (AvgIpc) is 2.65. The molecule has 2 N–H and O–H groups in total. The summed E-state index contributed by atoms with van der Waals surface area (Å²) in [7, 11) is 0. The van der Waals surface area contributed by atoms with Gasteiger partial charge in [-0.2, -0.15) is 0 Å². The Morgan fingerprint density at radius 2 is 2.11 bits per heavy atom. The second kappa shape index (κ2) is 6.49. The Balaban J connectivity index is 2.46. The van der Waals surface area contributed by atoms with E-state index in [0.717, 1.165) is 17.8 Å². The molecule has 0 saturated carbocycles. The Kier molecular flexibility index (Phi) is 5.27. The second-order valence-electron chi connectivity index (χ2n) is 4.54. The van der Waals surface area contributed by atoms with Crippen molar-refractivity contribution in [2.45, 2.75) is 40.2 Å². The molecule has 18 heavy (non-hydrogen) atoms. The third kappa shape index (κ3) is 4.44. The number of carbonyl (C=O) groups is 2. The summed E-state index contributed by atoms with van der Waals surface area (Å²) in [5.41, 5.74) is 0.499. The van der Waals surface area contributed by atoms with Gasteiger partial charge in [0, 0.05) is 6.42 Å². The van der Waals surface area contributed by atoms with E-state index in [2.05, 4.69) is 24.1 Å². The van der Waals surface area contributed by atoms with Gasteiger partial charge in [0.25, 0.3) is 0 Å². The van der Waals surface area contributed by atoms with Crippen molar-refractivity contribution in [1.29, 1.82) is 0 Å². The topological polar surface area (TPSA) is 79.3 Å². The van der Waals surface area contributed by atoms with Gasteiger partial charge in [0.1, 0.15) is 9.88 Å². The summed E-state index contributed by atoms with van der Waals surface area (Å²) in [4.78, 5) is 26.7. The lowest BCUT2D eigenvalue weighted by molar-refractivity contribution is -0.121. The first kappa shape index (κ1) is 14.6. The summed E-state index contributed by atoms with van der Waals surface area (Å²) < 4.78 is 0. The fraction of sp³-hybridized carbons (Fsp3) is 0.583. The Morgan fingerprint density at radius 3 is 2.61 bits per heavy atom. The van der Waals surface area contributed by atoms with Crippen molar-refractivity contribution >= 4 is 23.2 Å². The Hall–Kier alpha value is -1.43. The number of nitrogens with zero attached hydrogens (tertiary/aromatic N) is 1. The first-order chi connectivity index (χ1) is 8.40. The zero-order valence-electron chi connectivity index (χ0n) is 10.8. The van der Waals surface area contributed by atoms with Gasteiger partial charge in [-0.25, -0.2) is 9.78 Å². The molecule has 0 aromatic carbocycles. The Bertz CT molecular complexity index is 441. The number of rotatable bonds is 6. The Labute approximate surface area is 110 Å². The van der Waals surface area contributed by atoms with Crippen molar-refractivity contribution < 1.29 is 14.7 Å². The van der Waals surface area contributed by atoms with E-state index in [1.165, 1.54) is 0 Å². The number of aromatic carboxylic acids is 1. The van der Waals surface area contributed by atoms with Gasteiger partial charge in [-0.3, -0.25) is 4.79 Å². The van der Waals surface area contributed by atoms with Crippen LogP contribution in [0.15, 0.2) is 0 Å². The van der Waals surface area contributed by atoms with E-state index in [4.69, 9.17) is 5.11 Å². The molecular formula is C12H18N2O3S. The number of carbonyl (C=O) groups excluding carboxylic acids is 1. The van der Waals surface area contributed by atoms with Gasteiger partial charge in [0.05, 0.1) is 12.2 Å². The molecule has 6 heteroatoms. The van der Waals surface area contributed by atoms with Crippen molar-refractivity contribution in [3.05, 3.63) is 15.6 Å². The fourth-order valence-electron chi connectivity index (χ4n) is 1.41. The maximum Gasteiger partial charge on any atom is 0.347 e. The monoisotopic (exact) mass is 270 g/mol. The molecule has 0 unspecified atom stereocenters. The first-order valence-corrected chi connectivity index (χ1v) is 6.68. The van der Waals surface area contributed by atoms with Crippen LogP contribution in [-0.4, -0.2) is 22.0 Å². The smallest absolute Gasteiger partial charge is 0.347 e. The van der Waals surface area contributed by atoms with Crippen LogP contribution < -0.4 is 5.32 Å². The van der Waals surface area contributed by atoms with Gasteiger partial charge < -0.3 is 10.4 Å². The molecule has 1 heterocycles. The highest BCUT2D eigenvalue weighted by molar-refractivity contribution is 7.13. The van der Waals surface area contributed by atoms with E-state index in [1.807, 2.05) is 0 Å². The number of hydrogen-bond acceptors (Lipinski definition) is 4. The number of aromatic nitrogens is 1. The second-order valence-corrected chi connectivity index (χ2v) is 5.62.